The highest BCUT2D eigenvalue weighted by molar-refractivity contribution is 14.1. The van der Waals surface area contributed by atoms with Crippen LogP contribution in [0.15, 0.2) is 85.3 Å². The molecule has 3 aromatic carbocycles. The van der Waals surface area contributed by atoms with Crippen LogP contribution in [0.3, 0.4) is 0 Å². The lowest BCUT2D eigenvalue weighted by Gasteiger charge is -2.37. The fourth-order valence-electron chi connectivity index (χ4n) is 11.2. The molecule has 6 aliphatic rings. The molecule has 3 saturated heterocycles. The lowest BCUT2D eigenvalue weighted by Crippen LogP contribution is -2.47. The van der Waals surface area contributed by atoms with Crippen molar-refractivity contribution in [1.29, 1.82) is 0 Å². The van der Waals surface area contributed by atoms with Gasteiger partial charge in [-0.1, -0.05) is 41.4 Å². The van der Waals surface area contributed by atoms with Crippen LogP contribution in [0.5, 0.6) is 5.75 Å². The fourth-order valence-corrected chi connectivity index (χ4v) is 12.1. The summed E-state index contributed by atoms with van der Waals surface area (Å²) in [5.74, 6) is -0.645. The van der Waals surface area contributed by atoms with E-state index in [0.717, 1.165) is 116 Å². The summed E-state index contributed by atoms with van der Waals surface area (Å²) in [5.41, 5.74) is 5.07. The van der Waals surface area contributed by atoms with Crippen molar-refractivity contribution in [2.45, 2.75) is 188 Å². The molecule has 24 nitrogen and oxygen atoms in total. The van der Waals surface area contributed by atoms with Crippen LogP contribution >= 0.6 is 45.8 Å². The normalized spacial score (nSPS) is 19.1. The number of piperidine rings is 3. The number of hydrogen-bond donors (Lipinski definition) is 6. The van der Waals surface area contributed by atoms with Crippen LogP contribution in [-0.2, 0) is 48.7 Å². The van der Waals surface area contributed by atoms with Crippen LogP contribution in [0, 0.1) is 15.2 Å². The number of carbonyl (C=O) groups excluding carboxylic acids is 4. The molecule has 0 bridgehead atoms. The van der Waals surface area contributed by atoms with E-state index in [1.807, 2.05) is 101 Å². The Labute approximate surface area is 577 Å². The summed E-state index contributed by atoms with van der Waals surface area (Å²) in [7, 11) is 0. The number of nitrogens with one attached hydrogen (secondary N) is 3. The van der Waals surface area contributed by atoms with Gasteiger partial charge in [-0.2, -0.15) is 15.3 Å². The van der Waals surface area contributed by atoms with Gasteiger partial charge in [-0.3, -0.25) is 29.2 Å². The molecule has 3 atom stereocenters. The minimum absolute atomic E-state index is 0.0266. The summed E-state index contributed by atoms with van der Waals surface area (Å²) < 4.78 is 49.2. The number of ether oxygens (including phenoxy) is 3. The first-order valence-electron chi connectivity index (χ1n) is 32.0. The van der Waals surface area contributed by atoms with Crippen molar-refractivity contribution in [3.05, 3.63) is 128 Å². The molecule has 518 valence electrons. The Kier molecular flexibility index (Phi) is 25.9. The second kappa shape index (κ2) is 33.3. The summed E-state index contributed by atoms with van der Waals surface area (Å²) in [6.45, 7) is 26.0. The van der Waals surface area contributed by atoms with Crippen molar-refractivity contribution >= 4 is 92.9 Å². The number of carbonyl (C=O) groups is 4. The number of halogens is 5. The molecule has 12 rings (SSSR count). The van der Waals surface area contributed by atoms with Gasteiger partial charge in [0.25, 0.3) is 0 Å². The van der Waals surface area contributed by atoms with Gasteiger partial charge in [0.15, 0.2) is 0 Å². The van der Waals surface area contributed by atoms with Crippen LogP contribution in [-0.4, -0.2) is 171 Å². The molecule has 6 N–H and O–H groups in total. The van der Waals surface area contributed by atoms with E-state index in [4.69, 9.17) is 42.5 Å². The molecule has 29 heteroatoms. The van der Waals surface area contributed by atoms with Crippen molar-refractivity contribution in [1.82, 2.24) is 49.4 Å². The number of rotatable bonds is 5. The first-order valence-corrected chi connectivity index (χ1v) is 33.9. The van der Waals surface area contributed by atoms with Gasteiger partial charge in [0.1, 0.15) is 28.6 Å². The van der Waals surface area contributed by atoms with E-state index in [9.17, 15) is 38.2 Å². The SMILES string of the molecule is C[C@H]1Cn2ncc(I)c2CN1C(=O)OC(C)(C)C.C[C@H]1Cn2ncc(N3CCC(O)CC3)c2CN1C(=O)Nc1ccc(F)c(Cl)c1.C[C@H]1Cn2ncc(N3CCC(O)CC3)c2CN1C(=O)OC(C)(C)C.O=C(Nc1ccc(F)c(Cl)c1)Oc1ccccc1.OC1CCNCC1. The highest BCUT2D eigenvalue weighted by Crippen LogP contribution is 2.33. The molecule has 6 aromatic rings. The van der Waals surface area contributed by atoms with Gasteiger partial charge in [0.05, 0.1) is 136 Å². The molecule has 0 spiro atoms. The Morgan fingerprint density at radius 1 is 0.568 bits per heavy atom. The fraction of sp³-hybridized carbons (Fsp3) is 0.530. The van der Waals surface area contributed by atoms with Gasteiger partial charge >= 0.3 is 24.3 Å². The third-order valence-electron chi connectivity index (χ3n) is 16.3. The first kappa shape index (κ1) is 73.8. The molecule has 0 unspecified atom stereocenters. The predicted molar refractivity (Wildman–Crippen MR) is 368 cm³/mol. The van der Waals surface area contributed by atoms with Crippen molar-refractivity contribution in [2.24, 2.45) is 0 Å². The predicted octanol–water partition coefficient (Wildman–Crippen LogP) is 11.5. The van der Waals surface area contributed by atoms with Crippen LogP contribution < -0.4 is 30.5 Å². The number of aromatic nitrogens is 6. The van der Waals surface area contributed by atoms with E-state index in [-0.39, 0.29) is 64.7 Å². The quantitative estimate of drug-likeness (QED) is 0.0877. The number of nitrogens with zero attached hydrogens (tertiary/aromatic N) is 11. The Morgan fingerprint density at radius 2 is 0.968 bits per heavy atom. The summed E-state index contributed by atoms with van der Waals surface area (Å²) >= 11 is 13.6. The average molecular weight is 1470 g/mol. The van der Waals surface area contributed by atoms with Gasteiger partial charge in [0, 0.05) is 37.6 Å². The van der Waals surface area contributed by atoms with Gasteiger partial charge in [-0.15, -0.1) is 0 Å². The number of urea groups is 1. The molecule has 3 aromatic heterocycles. The smallest absolute Gasteiger partial charge is 0.417 e. The second-order valence-electron chi connectivity index (χ2n) is 26.3. The average Bonchev–Trinajstić information content (AvgIpc) is 1.69. The van der Waals surface area contributed by atoms with Crippen LogP contribution in [0.25, 0.3) is 0 Å². The lowest BCUT2D eigenvalue weighted by atomic mass is 10.1. The zero-order valence-corrected chi connectivity index (χ0v) is 59.0. The second-order valence-corrected chi connectivity index (χ2v) is 28.2. The lowest BCUT2D eigenvalue weighted by molar-refractivity contribution is 0.00801. The van der Waals surface area contributed by atoms with Crippen molar-refractivity contribution in [3.8, 4) is 5.75 Å². The van der Waals surface area contributed by atoms with Crippen LogP contribution in [0.2, 0.25) is 10.0 Å². The van der Waals surface area contributed by atoms with Crippen LogP contribution in [0.1, 0.15) is 118 Å². The van der Waals surface area contributed by atoms with Gasteiger partial charge < -0.3 is 54.9 Å². The maximum Gasteiger partial charge on any atom is 0.417 e. The molecule has 0 radical (unpaired) electrons. The molecule has 9 heterocycles. The number of para-hydroxylation sites is 1. The maximum absolute atomic E-state index is 13.3. The first-order chi connectivity index (χ1) is 45.0. The highest BCUT2D eigenvalue weighted by atomic mass is 127. The van der Waals surface area contributed by atoms with E-state index in [1.165, 1.54) is 36.4 Å². The summed E-state index contributed by atoms with van der Waals surface area (Å²) in [6, 6.07) is 16.4. The minimum atomic E-state index is -0.663. The Bertz CT molecular complexity index is 3530. The number of fused-ring (bicyclic) bond motifs is 3. The van der Waals surface area contributed by atoms with E-state index in [2.05, 4.69) is 63.6 Å². The number of aliphatic hydroxyl groups is 3. The Balaban J connectivity index is 0.000000159. The molecule has 3 fully saturated rings. The Morgan fingerprint density at radius 3 is 1.40 bits per heavy atom. The molecular weight excluding hydrogens is 1380 g/mol. The van der Waals surface area contributed by atoms with E-state index < -0.39 is 28.9 Å². The Hall–Kier alpha value is -7.02. The van der Waals surface area contributed by atoms with Crippen LogP contribution in [0.4, 0.5) is 50.7 Å². The number of aliphatic hydroxyl groups excluding tert-OH is 3. The zero-order chi connectivity index (χ0) is 68.9. The molecular formula is C66H89Cl2F2IN14O10. The molecule has 0 aliphatic carbocycles. The number of benzene rings is 3. The highest BCUT2D eigenvalue weighted by Gasteiger charge is 2.36. The van der Waals surface area contributed by atoms with E-state index in [1.54, 1.807) is 39.0 Å². The molecule has 95 heavy (non-hydrogen) atoms. The van der Waals surface area contributed by atoms with Crippen molar-refractivity contribution in [3.63, 3.8) is 0 Å². The molecule has 5 amide bonds. The summed E-state index contributed by atoms with van der Waals surface area (Å²) in [5, 5.41) is 49.9. The van der Waals surface area contributed by atoms with Gasteiger partial charge in [0.2, 0.25) is 0 Å². The van der Waals surface area contributed by atoms with Crippen molar-refractivity contribution < 1.29 is 57.5 Å². The minimum Gasteiger partial charge on any atom is -0.444 e. The molecule has 6 aliphatic heterocycles. The standard InChI is InChI=1S/C19H23ClFN5O2.C17H28N4O3.C13H9ClFNO2.C12H18IN3O2.C5H11NO/c1-12-10-26-18(17(9-22-26)24-6-4-14(27)5-7-24)11-25(12)19(28)23-13-2-3-16(21)15(20)8-13;1-12-10-21-15(11-20(12)16(23)24-17(2,3)4)14(9-18-21)19-7-5-13(22)6-8-19;14-11-8-9(6-7-12(11)15)16-13(17)18-10-4-2-1-3-5-10;1-8-6-16-10(9(13)5-14-16)7-15(8)11(17)18-12(2,3)4;7-5-1-3-6-4-2-5/h2-3,8-9,12,14,27H,4-7,10-11H2,1H3,(H,23,28);9,12-13,22H,5-8,10-11H2,1-4H3;1-8H,(H,16,17);5,8H,6-7H2,1-4H3;5-7H,1-4H2/t2*12-;;8-;/m00.0./s1. The number of hydrogen-bond acceptors (Lipinski definition) is 16. The zero-order valence-electron chi connectivity index (χ0n) is 55.3. The number of amides is 5. The van der Waals surface area contributed by atoms with E-state index >= 15 is 0 Å². The molecule has 0 saturated carbocycles. The summed E-state index contributed by atoms with van der Waals surface area (Å²) in [6.07, 6.45) is 8.78. The monoisotopic (exact) mass is 1470 g/mol. The third kappa shape index (κ3) is 21.2. The van der Waals surface area contributed by atoms with Gasteiger partial charge in [-0.05, 0) is 185 Å². The largest absolute Gasteiger partial charge is 0.444 e. The maximum atomic E-state index is 13.3. The topological polar surface area (TPSA) is 262 Å². The van der Waals surface area contributed by atoms with Gasteiger partial charge in [-0.25, -0.2) is 28.0 Å². The third-order valence-corrected chi connectivity index (χ3v) is 17.8. The summed E-state index contributed by atoms with van der Waals surface area (Å²) in [4.78, 5) is 58.8. The number of anilines is 4. The van der Waals surface area contributed by atoms with E-state index in [0.29, 0.717) is 49.8 Å². The van der Waals surface area contributed by atoms with Crippen molar-refractivity contribution in [2.75, 3.05) is 59.7 Å².